The molecule has 1 saturated heterocycles. The van der Waals surface area contributed by atoms with Gasteiger partial charge in [0.1, 0.15) is 12.3 Å². The summed E-state index contributed by atoms with van der Waals surface area (Å²) in [5.74, 6) is 0.541. The molecule has 150 valence electrons. The van der Waals surface area contributed by atoms with Crippen LogP contribution < -0.4 is 10.1 Å². The summed E-state index contributed by atoms with van der Waals surface area (Å²) in [6, 6.07) is 9.46. The number of hydrogen-bond donors (Lipinski definition) is 1. The van der Waals surface area contributed by atoms with Gasteiger partial charge in [0.15, 0.2) is 5.69 Å². The Hall–Kier alpha value is -2.87. The Morgan fingerprint density at radius 3 is 2.75 bits per heavy atom. The highest BCUT2D eigenvalue weighted by molar-refractivity contribution is 5.92. The number of ether oxygens (including phenoxy) is 2. The van der Waals surface area contributed by atoms with Crippen molar-refractivity contribution < 1.29 is 19.1 Å². The van der Waals surface area contributed by atoms with Gasteiger partial charge in [0.25, 0.3) is 5.91 Å². The van der Waals surface area contributed by atoms with Gasteiger partial charge in [-0.15, -0.1) is 0 Å². The highest BCUT2D eigenvalue weighted by Crippen LogP contribution is 2.17. The molecule has 1 aliphatic heterocycles. The summed E-state index contributed by atoms with van der Waals surface area (Å²) in [6.45, 7) is 4.63. The molecule has 8 nitrogen and oxygen atoms in total. The van der Waals surface area contributed by atoms with E-state index < -0.39 is 0 Å². The van der Waals surface area contributed by atoms with E-state index in [2.05, 4.69) is 10.4 Å². The molecule has 1 N–H and O–H groups in total. The fraction of sp³-hybridized carbons (Fsp3) is 0.450. The summed E-state index contributed by atoms with van der Waals surface area (Å²) >= 11 is 0. The molecule has 1 aromatic heterocycles. The maximum atomic E-state index is 12.5. The summed E-state index contributed by atoms with van der Waals surface area (Å²) in [4.78, 5) is 26.5. The van der Waals surface area contributed by atoms with Crippen LogP contribution in [0.1, 0.15) is 21.7 Å². The molecule has 1 aromatic carbocycles. The molecule has 1 fully saturated rings. The topological polar surface area (TPSA) is 85.7 Å². The van der Waals surface area contributed by atoms with E-state index in [9.17, 15) is 9.59 Å². The SMILES string of the molecule is COc1ccccc1CCNC(=O)Cn1nc(C(=O)N2CCOCC2)cc1C. The smallest absolute Gasteiger partial charge is 0.274 e. The van der Waals surface area contributed by atoms with Crippen LogP contribution >= 0.6 is 0 Å². The highest BCUT2D eigenvalue weighted by Gasteiger charge is 2.22. The minimum absolute atomic E-state index is 0.0775. The second-order valence-electron chi connectivity index (χ2n) is 6.64. The Labute approximate surface area is 164 Å². The monoisotopic (exact) mass is 386 g/mol. The van der Waals surface area contributed by atoms with Crippen LogP contribution in [-0.2, 0) is 22.5 Å². The van der Waals surface area contributed by atoms with Gasteiger partial charge in [0.2, 0.25) is 5.91 Å². The first-order valence-electron chi connectivity index (χ1n) is 9.38. The zero-order valence-corrected chi connectivity index (χ0v) is 16.3. The number of morpholine rings is 1. The zero-order valence-electron chi connectivity index (χ0n) is 16.3. The van der Waals surface area contributed by atoms with Crippen molar-refractivity contribution in [2.75, 3.05) is 40.0 Å². The molecule has 2 aromatic rings. The van der Waals surface area contributed by atoms with Crippen LogP contribution in [0.25, 0.3) is 0 Å². The predicted molar refractivity (Wildman–Crippen MR) is 103 cm³/mol. The summed E-state index contributed by atoms with van der Waals surface area (Å²) in [7, 11) is 1.63. The molecule has 0 unspecified atom stereocenters. The van der Waals surface area contributed by atoms with E-state index in [1.54, 1.807) is 22.8 Å². The second kappa shape index (κ2) is 9.36. The van der Waals surface area contributed by atoms with Crippen molar-refractivity contribution in [1.29, 1.82) is 0 Å². The van der Waals surface area contributed by atoms with E-state index in [0.717, 1.165) is 17.0 Å². The molecule has 28 heavy (non-hydrogen) atoms. The lowest BCUT2D eigenvalue weighted by Gasteiger charge is -2.25. The second-order valence-corrected chi connectivity index (χ2v) is 6.64. The first-order valence-corrected chi connectivity index (χ1v) is 9.38. The van der Waals surface area contributed by atoms with Crippen LogP contribution in [0.3, 0.4) is 0 Å². The number of nitrogens with one attached hydrogen (secondary N) is 1. The van der Waals surface area contributed by atoms with Crippen LogP contribution in [0.15, 0.2) is 30.3 Å². The predicted octanol–water partition coefficient (Wildman–Crippen LogP) is 1.03. The number of aryl methyl sites for hydroxylation is 1. The van der Waals surface area contributed by atoms with E-state index in [0.29, 0.717) is 45.0 Å². The largest absolute Gasteiger partial charge is 0.496 e. The average molecular weight is 386 g/mol. The van der Waals surface area contributed by atoms with Crippen molar-refractivity contribution >= 4 is 11.8 Å². The number of carbonyl (C=O) groups excluding carboxylic acids is 2. The van der Waals surface area contributed by atoms with E-state index >= 15 is 0 Å². The van der Waals surface area contributed by atoms with Gasteiger partial charge in [-0.25, -0.2) is 0 Å². The van der Waals surface area contributed by atoms with Gasteiger partial charge >= 0.3 is 0 Å². The molecule has 0 saturated carbocycles. The first-order chi connectivity index (χ1) is 13.6. The molecular formula is C20H26N4O4. The van der Waals surface area contributed by atoms with Crippen LogP contribution in [0.4, 0.5) is 0 Å². The number of nitrogens with zero attached hydrogens (tertiary/aromatic N) is 3. The third-order valence-corrected chi connectivity index (χ3v) is 4.70. The maximum Gasteiger partial charge on any atom is 0.274 e. The van der Waals surface area contributed by atoms with Crippen molar-refractivity contribution in [3.63, 3.8) is 0 Å². The minimum atomic E-state index is -0.147. The zero-order chi connectivity index (χ0) is 19.9. The number of aromatic nitrogens is 2. The molecule has 1 aliphatic rings. The number of rotatable bonds is 7. The first kappa shape index (κ1) is 19.9. The van der Waals surface area contributed by atoms with E-state index in [1.807, 2.05) is 31.2 Å². The Morgan fingerprint density at radius 1 is 1.25 bits per heavy atom. The number of methoxy groups -OCH3 is 1. The molecule has 0 spiro atoms. The van der Waals surface area contributed by atoms with E-state index in [4.69, 9.17) is 9.47 Å². The van der Waals surface area contributed by atoms with Crippen LogP contribution in [0, 0.1) is 6.92 Å². The molecular weight excluding hydrogens is 360 g/mol. The quantitative estimate of drug-likeness (QED) is 0.768. The fourth-order valence-corrected chi connectivity index (χ4v) is 3.14. The Bertz CT molecular complexity index is 827. The van der Waals surface area contributed by atoms with E-state index in [1.165, 1.54) is 0 Å². The average Bonchev–Trinajstić information content (AvgIpc) is 3.08. The van der Waals surface area contributed by atoms with Gasteiger partial charge in [-0.1, -0.05) is 18.2 Å². The standard InChI is InChI=1S/C20H26N4O4/c1-15-13-17(20(26)23-9-11-28-12-10-23)22-24(15)14-19(25)21-8-7-16-5-3-4-6-18(16)27-2/h3-6,13H,7-12,14H2,1-2H3,(H,21,25). The molecule has 0 radical (unpaired) electrons. The van der Waals surface area contributed by atoms with Gasteiger partial charge in [-0.3, -0.25) is 14.3 Å². The summed E-state index contributed by atoms with van der Waals surface area (Å²) in [5.41, 5.74) is 2.18. The van der Waals surface area contributed by atoms with Gasteiger partial charge in [-0.2, -0.15) is 5.10 Å². The van der Waals surface area contributed by atoms with Gasteiger partial charge in [0.05, 0.1) is 20.3 Å². The fourth-order valence-electron chi connectivity index (χ4n) is 3.14. The van der Waals surface area contributed by atoms with E-state index in [-0.39, 0.29) is 18.4 Å². The van der Waals surface area contributed by atoms with Gasteiger partial charge in [-0.05, 0) is 31.0 Å². The third-order valence-electron chi connectivity index (χ3n) is 4.70. The maximum absolute atomic E-state index is 12.5. The molecule has 3 rings (SSSR count). The Balaban J connectivity index is 1.52. The molecule has 2 amide bonds. The lowest BCUT2D eigenvalue weighted by atomic mass is 10.1. The highest BCUT2D eigenvalue weighted by atomic mass is 16.5. The number of hydrogen-bond acceptors (Lipinski definition) is 5. The summed E-state index contributed by atoms with van der Waals surface area (Å²) in [5, 5.41) is 7.22. The van der Waals surface area contributed by atoms with Crippen LogP contribution in [-0.4, -0.2) is 66.5 Å². The van der Waals surface area contributed by atoms with Crippen molar-refractivity contribution in [1.82, 2.24) is 20.0 Å². The minimum Gasteiger partial charge on any atom is -0.496 e. The molecule has 2 heterocycles. The van der Waals surface area contributed by atoms with Crippen molar-refractivity contribution in [2.45, 2.75) is 19.9 Å². The summed E-state index contributed by atoms with van der Waals surface area (Å²) < 4.78 is 12.2. The molecule has 0 aliphatic carbocycles. The van der Waals surface area contributed by atoms with Crippen LogP contribution in [0.2, 0.25) is 0 Å². The molecule has 0 atom stereocenters. The number of benzene rings is 1. The number of carbonyl (C=O) groups is 2. The Kier molecular flexibility index (Phi) is 6.65. The van der Waals surface area contributed by atoms with Crippen molar-refractivity contribution in [3.8, 4) is 5.75 Å². The van der Waals surface area contributed by atoms with Crippen molar-refractivity contribution in [2.24, 2.45) is 0 Å². The Morgan fingerprint density at radius 2 is 2.00 bits per heavy atom. The van der Waals surface area contributed by atoms with Gasteiger partial charge in [0, 0.05) is 25.3 Å². The van der Waals surface area contributed by atoms with Crippen LogP contribution in [0.5, 0.6) is 5.75 Å². The lowest BCUT2D eigenvalue weighted by molar-refractivity contribution is -0.121. The molecule has 0 bridgehead atoms. The normalized spacial score (nSPS) is 14.0. The number of para-hydroxylation sites is 1. The van der Waals surface area contributed by atoms with Crippen molar-refractivity contribution in [3.05, 3.63) is 47.3 Å². The third kappa shape index (κ3) is 4.89. The lowest BCUT2D eigenvalue weighted by Crippen LogP contribution is -2.41. The summed E-state index contributed by atoms with van der Waals surface area (Å²) in [6.07, 6.45) is 0.675. The number of amides is 2. The van der Waals surface area contributed by atoms with Gasteiger partial charge < -0.3 is 19.7 Å². The molecule has 8 heteroatoms.